The van der Waals surface area contributed by atoms with Gasteiger partial charge in [-0.3, -0.25) is 4.68 Å². The van der Waals surface area contributed by atoms with Gasteiger partial charge in [0.15, 0.2) is 0 Å². The molecule has 2 rings (SSSR count). The molecule has 0 spiro atoms. The first-order chi connectivity index (χ1) is 9.59. The molecule has 1 aliphatic rings. The highest BCUT2D eigenvalue weighted by Gasteiger charge is 2.32. The predicted octanol–water partition coefficient (Wildman–Crippen LogP) is 2.47. The van der Waals surface area contributed by atoms with Crippen LogP contribution in [0.2, 0.25) is 0 Å². The zero-order valence-electron chi connectivity index (χ0n) is 11.8. The van der Waals surface area contributed by atoms with Crippen LogP contribution in [0.1, 0.15) is 39.0 Å². The van der Waals surface area contributed by atoms with Gasteiger partial charge in [0.1, 0.15) is 4.90 Å². The van der Waals surface area contributed by atoms with Crippen molar-refractivity contribution in [1.29, 1.82) is 0 Å². The SMILES string of the molecule is CCN(C1CCCC1)S(=O)(=O)c1cnn(CCCCl)c1. The van der Waals surface area contributed by atoms with E-state index < -0.39 is 10.0 Å². The van der Waals surface area contributed by atoms with Crippen LogP contribution in [0.5, 0.6) is 0 Å². The number of rotatable bonds is 7. The molecule has 20 heavy (non-hydrogen) atoms. The van der Waals surface area contributed by atoms with Gasteiger partial charge in [-0.2, -0.15) is 9.40 Å². The Balaban J connectivity index is 2.17. The van der Waals surface area contributed by atoms with Crippen molar-refractivity contribution in [3.63, 3.8) is 0 Å². The minimum Gasteiger partial charge on any atom is -0.271 e. The molecule has 1 aromatic rings. The van der Waals surface area contributed by atoms with Crippen molar-refractivity contribution in [3.8, 4) is 0 Å². The second-order valence-corrected chi connectivity index (χ2v) is 7.40. The largest absolute Gasteiger partial charge is 0.271 e. The van der Waals surface area contributed by atoms with Crippen LogP contribution in [0.4, 0.5) is 0 Å². The first kappa shape index (κ1) is 15.8. The Morgan fingerprint density at radius 2 is 2.15 bits per heavy atom. The highest BCUT2D eigenvalue weighted by atomic mass is 35.5. The van der Waals surface area contributed by atoms with E-state index in [0.717, 1.165) is 32.1 Å². The summed E-state index contributed by atoms with van der Waals surface area (Å²) in [4.78, 5) is 0.292. The Hall–Kier alpha value is -0.590. The Labute approximate surface area is 126 Å². The Bertz CT molecular complexity index is 523. The first-order valence-electron chi connectivity index (χ1n) is 7.20. The first-order valence-corrected chi connectivity index (χ1v) is 9.17. The summed E-state index contributed by atoms with van der Waals surface area (Å²) in [6.45, 7) is 3.06. The van der Waals surface area contributed by atoms with Crippen molar-refractivity contribution in [1.82, 2.24) is 14.1 Å². The molecule has 0 amide bonds. The number of halogens is 1. The monoisotopic (exact) mass is 319 g/mol. The molecule has 1 aliphatic carbocycles. The van der Waals surface area contributed by atoms with E-state index in [0.29, 0.717) is 23.9 Å². The number of aromatic nitrogens is 2. The van der Waals surface area contributed by atoms with Gasteiger partial charge in [0, 0.05) is 31.2 Å². The molecule has 0 radical (unpaired) electrons. The standard InChI is InChI=1S/C13H22ClN3O2S/c1-2-17(12-6-3-4-7-12)20(18,19)13-10-15-16(11-13)9-5-8-14/h10-12H,2-9H2,1H3. The van der Waals surface area contributed by atoms with Gasteiger partial charge in [-0.1, -0.05) is 19.8 Å². The van der Waals surface area contributed by atoms with Crippen LogP contribution in [0.25, 0.3) is 0 Å². The zero-order valence-corrected chi connectivity index (χ0v) is 13.4. The fraction of sp³-hybridized carbons (Fsp3) is 0.769. The van der Waals surface area contributed by atoms with Crippen LogP contribution < -0.4 is 0 Å². The summed E-state index contributed by atoms with van der Waals surface area (Å²) >= 11 is 5.64. The van der Waals surface area contributed by atoms with Crippen molar-refractivity contribution in [3.05, 3.63) is 12.4 Å². The summed E-state index contributed by atoms with van der Waals surface area (Å²) < 4.78 is 28.6. The van der Waals surface area contributed by atoms with Crippen LogP contribution in [-0.4, -0.2) is 41.0 Å². The van der Waals surface area contributed by atoms with E-state index in [1.807, 2.05) is 6.92 Å². The maximum absolute atomic E-state index is 12.7. The normalized spacial score (nSPS) is 17.1. The Morgan fingerprint density at radius 1 is 1.45 bits per heavy atom. The van der Waals surface area contributed by atoms with Crippen molar-refractivity contribution < 1.29 is 8.42 Å². The molecule has 0 atom stereocenters. The topological polar surface area (TPSA) is 55.2 Å². The third-order valence-electron chi connectivity index (χ3n) is 3.78. The summed E-state index contributed by atoms with van der Waals surface area (Å²) in [5, 5.41) is 4.12. The third-order valence-corrected chi connectivity index (χ3v) is 6.03. The average molecular weight is 320 g/mol. The van der Waals surface area contributed by atoms with Crippen molar-refractivity contribution >= 4 is 21.6 Å². The van der Waals surface area contributed by atoms with E-state index >= 15 is 0 Å². The highest BCUT2D eigenvalue weighted by Crippen LogP contribution is 2.28. The van der Waals surface area contributed by atoms with Crippen LogP contribution in [0.3, 0.4) is 0 Å². The molecule has 0 aliphatic heterocycles. The van der Waals surface area contributed by atoms with Gasteiger partial charge in [0.2, 0.25) is 10.0 Å². The number of hydrogen-bond donors (Lipinski definition) is 0. The van der Waals surface area contributed by atoms with E-state index in [2.05, 4.69) is 5.10 Å². The Kier molecular flexibility index (Phi) is 5.46. The quantitative estimate of drug-likeness (QED) is 0.725. The van der Waals surface area contributed by atoms with Crippen LogP contribution in [0, 0.1) is 0 Å². The summed E-state index contributed by atoms with van der Waals surface area (Å²) in [6, 6.07) is 0.149. The molecule has 1 fully saturated rings. The molecule has 1 heterocycles. The lowest BCUT2D eigenvalue weighted by Crippen LogP contribution is -2.38. The van der Waals surface area contributed by atoms with Gasteiger partial charge in [-0.15, -0.1) is 11.6 Å². The lowest BCUT2D eigenvalue weighted by molar-refractivity contribution is 0.335. The molecular weight excluding hydrogens is 298 g/mol. The number of aryl methyl sites for hydroxylation is 1. The maximum atomic E-state index is 12.7. The summed E-state index contributed by atoms with van der Waals surface area (Å²) in [5.74, 6) is 0.547. The van der Waals surface area contributed by atoms with Crippen LogP contribution in [-0.2, 0) is 16.6 Å². The summed E-state index contributed by atoms with van der Waals surface area (Å²) in [6.07, 6.45) is 8.00. The Morgan fingerprint density at radius 3 is 2.75 bits per heavy atom. The number of hydrogen-bond acceptors (Lipinski definition) is 3. The molecule has 0 unspecified atom stereocenters. The van der Waals surface area contributed by atoms with Gasteiger partial charge in [0.25, 0.3) is 0 Å². The van der Waals surface area contributed by atoms with Gasteiger partial charge in [-0.05, 0) is 19.3 Å². The molecule has 5 nitrogen and oxygen atoms in total. The zero-order chi connectivity index (χ0) is 14.6. The minimum atomic E-state index is -3.42. The molecule has 1 aromatic heterocycles. The van der Waals surface area contributed by atoms with E-state index in [1.165, 1.54) is 6.20 Å². The summed E-state index contributed by atoms with van der Waals surface area (Å²) in [7, 11) is -3.42. The fourth-order valence-corrected chi connectivity index (χ4v) is 4.54. The number of sulfonamides is 1. The molecule has 0 saturated heterocycles. The maximum Gasteiger partial charge on any atom is 0.246 e. The highest BCUT2D eigenvalue weighted by molar-refractivity contribution is 7.89. The van der Waals surface area contributed by atoms with Crippen molar-refractivity contribution in [2.75, 3.05) is 12.4 Å². The molecule has 0 bridgehead atoms. The van der Waals surface area contributed by atoms with E-state index in [1.54, 1.807) is 15.2 Å². The minimum absolute atomic E-state index is 0.149. The third kappa shape index (κ3) is 3.35. The lowest BCUT2D eigenvalue weighted by atomic mass is 10.2. The second kappa shape index (κ2) is 6.91. The lowest BCUT2D eigenvalue weighted by Gasteiger charge is -2.25. The molecule has 1 saturated carbocycles. The van der Waals surface area contributed by atoms with E-state index in [9.17, 15) is 8.42 Å². The smallest absolute Gasteiger partial charge is 0.246 e. The van der Waals surface area contributed by atoms with Crippen molar-refractivity contribution in [2.45, 2.75) is 56.5 Å². The molecule has 0 aromatic carbocycles. The van der Waals surface area contributed by atoms with E-state index in [4.69, 9.17) is 11.6 Å². The fourth-order valence-electron chi connectivity index (χ4n) is 2.77. The van der Waals surface area contributed by atoms with Gasteiger partial charge < -0.3 is 0 Å². The van der Waals surface area contributed by atoms with Crippen molar-refractivity contribution in [2.24, 2.45) is 0 Å². The van der Waals surface area contributed by atoms with Crippen LogP contribution in [0.15, 0.2) is 17.3 Å². The van der Waals surface area contributed by atoms with Gasteiger partial charge >= 0.3 is 0 Å². The van der Waals surface area contributed by atoms with E-state index in [-0.39, 0.29) is 6.04 Å². The second-order valence-electron chi connectivity index (χ2n) is 5.13. The summed E-state index contributed by atoms with van der Waals surface area (Å²) in [5.41, 5.74) is 0. The van der Waals surface area contributed by atoms with Gasteiger partial charge in [0.05, 0.1) is 6.20 Å². The van der Waals surface area contributed by atoms with Crippen LogP contribution >= 0.6 is 11.6 Å². The van der Waals surface area contributed by atoms with Gasteiger partial charge in [-0.25, -0.2) is 8.42 Å². The molecule has 0 N–H and O–H groups in total. The predicted molar refractivity (Wildman–Crippen MR) is 79.4 cm³/mol. The molecule has 114 valence electrons. The molecule has 7 heteroatoms. The number of alkyl halides is 1. The molecular formula is C13H22ClN3O2S. The average Bonchev–Trinajstić information content (AvgIpc) is 3.08. The number of nitrogens with zero attached hydrogens (tertiary/aromatic N) is 3.